The minimum Gasteiger partial charge on any atom is -0.352 e. The third-order valence-corrected chi connectivity index (χ3v) is 3.58. The van der Waals surface area contributed by atoms with Crippen molar-refractivity contribution in [2.45, 2.75) is 0 Å². The van der Waals surface area contributed by atoms with E-state index in [2.05, 4.69) is 17.2 Å². The van der Waals surface area contributed by atoms with Crippen LogP contribution in [0, 0.1) is 11.6 Å². The number of halogens is 2. The molecular formula is C16H20F2N4O2. The number of hydrogen-bond acceptors (Lipinski definition) is 3. The van der Waals surface area contributed by atoms with E-state index in [0.717, 1.165) is 18.2 Å². The summed E-state index contributed by atoms with van der Waals surface area (Å²) in [5.41, 5.74) is 0.0729. The summed E-state index contributed by atoms with van der Waals surface area (Å²) in [6.07, 6.45) is 1.61. The molecule has 8 heteroatoms. The first-order chi connectivity index (χ1) is 11.5. The SMILES string of the molecule is C=CCNC(=O)CN1CCN(C(=O)Nc2cc(F)cc(F)c2)CC1. The van der Waals surface area contributed by atoms with Crippen LogP contribution in [0.1, 0.15) is 0 Å². The first-order valence-electron chi connectivity index (χ1n) is 7.60. The van der Waals surface area contributed by atoms with Gasteiger partial charge in [0, 0.05) is 44.5 Å². The largest absolute Gasteiger partial charge is 0.352 e. The van der Waals surface area contributed by atoms with Crippen molar-refractivity contribution in [2.75, 3.05) is 44.6 Å². The maximum absolute atomic E-state index is 13.1. The van der Waals surface area contributed by atoms with Gasteiger partial charge in [0.25, 0.3) is 0 Å². The molecule has 2 N–H and O–H groups in total. The average molecular weight is 338 g/mol. The zero-order valence-electron chi connectivity index (χ0n) is 13.2. The van der Waals surface area contributed by atoms with E-state index in [4.69, 9.17) is 0 Å². The average Bonchev–Trinajstić information content (AvgIpc) is 2.52. The van der Waals surface area contributed by atoms with Gasteiger partial charge in [0.1, 0.15) is 11.6 Å². The molecule has 1 fully saturated rings. The molecule has 0 bridgehead atoms. The molecule has 0 spiro atoms. The maximum Gasteiger partial charge on any atom is 0.321 e. The lowest BCUT2D eigenvalue weighted by Crippen LogP contribution is -2.52. The molecule has 0 unspecified atom stereocenters. The van der Waals surface area contributed by atoms with Gasteiger partial charge in [-0.25, -0.2) is 13.6 Å². The third-order valence-electron chi connectivity index (χ3n) is 3.58. The summed E-state index contributed by atoms with van der Waals surface area (Å²) in [7, 11) is 0. The van der Waals surface area contributed by atoms with Gasteiger partial charge in [0.15, 0.2) is 0 Å². The van der Waals surface area contributed by atoms with Crippen LogP contribution >= 0.6 is 0 Å². The fourth-order valence-electron chi connectivity index (χ4n) is 2.38. The van der Waals surface area contributed by atoms with Crippen molar-refractivity contribution < 1.29 is 18.4 Å². The molecule has 1 saturated heterocycles. The molecule has 1 aromatic rings. The highest BCUT2D eigenvalue weighted by atomic mass is 19.1. The lowest BCUT2D eigenvalue weighted by atomic mass is 10.3. The Kier molecular flexibility index (Phi) is 6.25. The van der Waals surface area contributed by atoms with Crippen LogP contribution in [-0.4, -0.2) is 61.0 Å². The van der Waals surface area contributed by atoms with Gasteiger partial charge in [0.05, 0.1) is 6.54 Å². The summed E-state index contributed by atoms with van der Waals surface area (Å²) in [5.74, 6) is -1.59. The molecule has 0 atom stereocenters. The van der Waals surface area contributed by atoms with Crippen LogP contribution in [0.2, 0.25) is 0 Å². The quantitative estimate of drug-likeness (QED) is 0.798. The highest BCUT2D eigenvalue weighted by Gasteiger charge is 2.22. The van der Waals surface area contributed by atoms with Crippen LogP contribution in [0.25, 0.3) is 0 Å². The Morgan fingerprint density at radius 2 is 1.75 bits per heavy atom. The summed E-state index contributed by atoms with van der Waals surface area (Å²) in [4.78, 5) is 27.2. The minimum absolute atomic E-state index is 0.0729. The highest BCUT2D eigenvalue weighted by Crippen LogP contribution is 2.14. The molecule has 130 valence electrons. The van der Waals surface area contributed by atoms with Crippen molar-refractivity contribution in [1.29, 1.82) is 0 Å². The highest BCUT2D eigenvalue weighted by molar-refractivity contribution is 5.89. The molecule has 0 radical (unpaired) electrons. The van der Waals surface area contributed by atoms with Crippen molar-refractivity contribution in [2.24, 2.45) is 0 Å². The van der Waals surface area contributed by atoms with Crippen LogP contribution < -0.4 is 10.6 Å². The molecule has 6 nitrogen and oxygen atoms in total. The monoisotopic (exact) mass is 338 g/mol. The molecule has 1 heterocycles. The Balaban J connectivity index is 1.80. The van der Waals surface area contributed by atoms with Crippen molar-refractivity contribution in [3.05, 3.63) is 42.5 Å². The zero-order valence-corrected chi connectivity index (χ0v) is 13.2. The number of nitrogens with zero attached hydrogens (tertiary/aromatic N) is 2. The number of hydrogen-bond donors (Lipinski definition) is 2. The predicted octanol–water partition coefficient (Wildman–Crippen LogP) is 1.42. The van der Waals surface area contributed by atoms with E-state index in [-0.39, 0.29) is 18.1 Å². The van der Waals surface area contributed by atoms with Crippen molar-refractivity contribution in [3.8, 4) is 0 Å². The van der Waals surface area contributed by atoms with E-state index in [9.17, 15) is 18.4 Å². The molecule has 3 amide bonds. The van der Waals surface area contributed by atoms with Gasteiger partial charge in [-0.3, -0.25) is 9.69 Å². The number of anilines is 1. The Morgan fingerprint density at radius 3 is 2.33 bits per heavy atom. The Hall–Kier alpha value is -2.48. The lowest BCUT2D eigenvalue weighted by molar-refractivity contribution is -0.122. The minimum atomic E-state index is -0.749. The molecular weight excluding hydrogens is 318 g/mol. The second-order valence-corrected chi connectivity index (χ2v) is 5.44. The summed E-state index contributed by atoms with van der Waals surface area (Å²) >= 11 is 0. The van der Waals surface area contributed by atoms with Gasteiger partial charge in [-0.1, -0.05) is 6.08 Å². The Morgan fingerprint density at radius 1 is 1.12 bits per heavy atom. The molecule has 1 aliphatic rings. The van der Waals surface area contributed by atoms with Crippen LogP contribution in [0.15, 0.2) is 30.9 Å². The normalized spacial score (nSPS) is 15.0. The van der Waals surface area contributed by atoms with Crippen molar-refractivity contribution in [3.63, 3.8) is 0 Å². The number of piperazine rings is 1. The van der Waals surface area contributed by atoms with Gasteiger partial charge in [-0.15, -0.1) is 6.58 Å². The summed E-state index contributed by atoms with van der Waals surface area (Å²) in [6.45, 7) is 6.17. The number of carbonyl (C=O) groups excluding carboxylic acids is 2. The van der Waals surface area contributed by atoms with E-state index in [1.54, 1.807) is 11.0 Å². The first kappa shape index (κ1) is 17.9. The van der Waals surface area contributed by atoms with Gasteiger partial charge >= 0.3 is 6.03 Å². The maximum atomic E-state index is 13.1. The van der Waals surface area contributed by atoms with Gasteiger partial charge in [-0.2, -0.15) is 0 Å². The lowest BCUT2D eigenvalue weighted by Gasteiger charge is -2.34. The molecule has 2 rings (SSSR count). The van der Waals surface area contributed by atoms with Gasteiger partial charge in [-0.05, 0) is 12.1 Å². The van der Waals surface area contributed by atoms with Gasteiger partial charge in [0.2, 0.25) is 5.91 Å². The molecule has 0 aromatic heterocycles. The molecule has 1 aliphatic heterocycles. The Labute approximate surface area is 139 Å². The summed E-state index contributed by atoms with van der Waals surface area (Å²) in [6, 6.07) is 2.43. The number of carbonyl (C=O) groups is 2. The second-order valence-electron chi connectivity index (χ2n) is 5.44. The summed E-state index contributed by atoms with van der Waals surface area (Å²) in [5, 5.41) is 5.17. The van der Waals surface area contributed by atoms with E-state index in [0.29, 0.717) is 32.7 Å². The van der Waals surface area contributed by atoms with E-state index in [1.807, 2.05) is 4.90 Å². The number of amides is 3. The fraction of sp³-hybridized carbons (Fsp3) is 0.375. The van der Waals surface area contributed by atoms with Crippen molar-refractivity contribution >= 4 is 17.6 Å². The van der Waals surface area contributed by atoms with Crippen LogP contribution in [-0.2, 0) is 4.79 Å². The molecule has 0 saturated carbocycles. The number of benzene rings is 1. The Bertz CT molecular complexity index is 596. The number of nitrogens with one attached hydrogen (secondary N) is 2. The van der Waals surface area contributed by atoms with Crippen molar-refractivity contribution in [1.82, 2.24) is 15.1 Å². The van der Waals surface area contributed by atoms with E-state index < -0.39 is 17.7 Å². The molecule has 24 heavy (non-hydrogen) atoms. The molecule has 0 aliphatic carbocycles. The van der Waals surface area contributed by atoms with Crippen LogP contribution in [0.4, 0.5) is 19.3 Å². The van der Waals surface area contributed by atoms with E-state index >= 15 is 0 Å². The summed E-state index contributed by atoms with van der Waals surface area (Å²) < 4.78 is 26.3. The van der Waals surface area contributed by atoms with Crippen LogP contribution in [0.3, 0.4) is 0 Å². The fourth-order valence-corrected chi connectivity index (χ4v) is 2.38. The predicted molar refractivity (Wildman–Crippen MR) is 86.6 cm³/mol. The van der Waals surface area contributed by atoms with Crippen LogP contribution in [0.5, 0.6) is 0 Å². The zero-order chi connectivity index (χ0) is 17.5. The number of urea groups is 1. The number of rotatable bonds is 5. The standard InChI is InChI=1S/C16H20F2N4O2/c1-2-3-19-15(23)11-21-4-6-22(7-5-21)16(24)20-14-9-12(17)8-13(18)10-14/h2,8-10H,1,3-7,11H2,(H,19,23)(H,20,24). The second kappa shape index (κ2) is 8.39. The molecule has 1 aromatic carbocycles. The van der Waals surface area contributed by atoms with E-state index in [1.165, 1.54) is 0 Å². The van der Waals surface area contributed by atoms with Gasteiger partial charge < -0.3 is 15.5 Å². The smallest absolute Gasteiger partial charge is 0.321 e. The topological polar surface area (TPSA) is 64.7 Å². The first-order valence-corrected chi connectivity index (χ1v) is 7.60. The third kappa shape index (κ3) is 5.31.